The molecule has 0 aliphatic heterocycles. The lowest BCUT2D eigenvalue weighted by molar-refractivity contribution is 0.223. The highest BCUT2D eigenvalue weighted by molar-refractivity contribution is 7.99. The molecule has 1 aromatic rings. The van der Waals surface area contributed by atoms with Gasteiger partial charge in [0.05, 0.1) is 0 Å². The fourth-order valence-electron chi connectivity index (χ4n) is 3.42. The largest absolute Gasteiger partial charge is 0.316 e. The summed E-state index contributed by atoms with van der Waals surface area (Å²) >= 11 is 2.02. The second kappa shape index (κ2) is 8.09. The van der Waals surface area contributed by atoms with Crippen LogP contribution >= 0.6 is 11.8 Å². The number of nitrogens with one attached hydrogen (secondary N) is 1. The molecule has 1 aromatic carbocycles. The number of rotatable bonds is 6. The van der Waals surface area contributed by atoms with Gasteiger partial charge in [-0.3, -0.25) is 0 Å². The molecule has 20 heavy (non-hydrogen) atoms. The highest BCUT2D eigenvalue weighted by Crippen LogP contribution is 2.34. The monoisotopic (exact) mass is 291 g/mol. The van der Waals surface area contributed by atoms with Crippen molar-refractivity contribution in [1.29, 1.82) is 0 Å². The van der Waals surface area contributed by atoms with Crippen molar-refractivity contribution in [2.75, 3.05) is 12.8 Å². The van der Waals surface area contributed by atoms with Crippen molar-refractivity contribution in [3.8, 4) is 0 Å². The van der Waals surface area contributed by atoms with Crippen LogP contribution in [0.15, 0.2) is 29.2 Å². The molecule has 0 saturated heterocycles. The van der Waals surface area contributed by atoms with E-state index in [1.54, 1.807) is 0 Å². The van der Waals surface area contributed by atoms with Crippen LogP contribution in [0.25, 0.3) is 0 Å². The Hall–Kier alpha value is -0.470. The Morgan fingerprint density at radius 1 is 1.30 bits per heavy atom. The number of benzene rings is 1. The minimum atomic E-state index is 0.661. The average molecular weight is 292 g/mol. The molecule has 0 heterocycles. The van der Waals surface area contributed by atoms with Gasteiger partial charge in [-0.2, -0.15) is 0 Å². The van der Waals surface area contributed by atoms with E-state index in [0.29, 0.717) is 6.04 Å². The predicted molar refractivity (Wildman–Crippen MR) is 90.5 cm³/mol. The van der Waals surface area contributed by atoms with Crippen molar-refractivity contribution in [2.45, 2.75) is 56.9 Å². The van der Waals surface area contributed by atoms with Crippen molar-refractivity contribution in [3.05, 3.63) is 29.8 Å². The highest BCUT2D eigenvalue weighted by atomic mass is 32.2. The summed E-state index contributed by atoms with van der Waals surface area (Å²) in [6.07, 6.45) is 7.08. The molecule has 0 aromatic heterocycles. The zero-order valence-corrected chi connectivity index (χ0v) is 14.0. The molecule has 2 rings (SSSR count). The summed E-state index contributed by atoms with van der Waals surface area (Å²) in [7, 11) is 2.14. The number of hydrogen-bond donors (Lipinski definition) is 1. The second-order valence-electron chi connectivity index (χ2n) is 6.17. The summed E-state index contributed by atoms with van der Waals surface area (Å²) in [5.74, 6) is 3.03. The minimum absolute atomic E-state index is 0.661. The average Bonchev–Trinajstić information content (AvgIpc) is 2.50. The molecule has 2 heteroatoms. The Balaban J connectivity index is 1.90. The Kier molecular flexibility index (Phi) is 6.44. The molecule has 0 bridgehead atoms. The Labute approximate surface area is 128 Å². The van der Waals surface area contributed by atoms with E-state index < -0.39 is 0 Å². The van der Waals surface area contributed by atoms with Crippen molar-refractivity contribution in [2.24, 2.45) is 11.8 Å². The van der Waals surface area contributed by atoms with Gasteiger partial charge in [0.15, 0.2) is 0 Å². The Morgan fingerprint density at radius 3 is 2.80 bits per heavy atom. The number of thioether (sulfide) groups is 1. The zero-order valence-electron chi connectivity index (χ0n) is 13.2. The second-order valence-corrected chi connectivity index (χ2v) is 7.23. The molecule has 1 fully saturated rings. The van der Waals surface area contributed by atoms with Crippen LogP contribution in [0.2, 0.25) is 0 Å². The van der Waals surface area contributed by atoms with Gasteiger partial charge < -0.3 is 5.32 Å². The van der Waals surface area contributed by atoms with E-state index in [9.17, 15) is 0 Å². The molecule has 3 atom stereocenters. The third-order valence-electron chi connectivity index (χ3n) is 4.85. The molecule has 0 spiro atoms. The maximum Gasteiger partial charge on any atom is 0.0187 e. The summed E-state index contributed by atoms with van der Waals surface area (Å²) in [4.78, 5) is 1.44. The lowest BCUT2D eigenvalue weighted by atomic mass is 9.77. The fourth-order valence-corrected chi connectivity index (χ4v) is 4.69. The van der Waals surface area contributed by atoms with E-state index in [-0.39, 0.29) is 0 Å². The predicted octanol–water partition coefficient (Wildman–Crippen LogP) is 4.89. The Bertz CT molecular complexity index is 404. The molecule has 3 unspecified atom stereocenters. The van der Waals surface area contributed by atoms with E-state index in [0.717, 1.165) is 11.8 Å². The topological polar surface area (TPSA) is 12.0 Å². The van der Waals surface area contributed by atoms with Gasteiger partial charge in [-0.1, -0.05) is 44.4 Å². The molecular weight excluding hydrogens is 262 g/mol. The van der Waals surface area contributed by atoms with Gasteiger partial charge in [0, 0.05) is 16.7 Å². The maximum atomic E-state index is 3.59. The standard InChI is InChI=1S/C18H29NS/c1-4-15-9-7-10-16(12-15)17(19-3)13-20-18-11-6-5-8-14(18)2/h5-6,8,11,15-17,19H,4,7,9-10,12-13H2,1-3H3. The van der Waals surface area contributed by atoms with Crippen LogP contribution in [0, 0.1) is 18.8 Å². The normalized spacial score (nSPS) is 24.6. The molecule has 1 saturated carbocycles. The molecule has 1 nitrogen and oxygen atoms in total. The van der Waals surface area contributed by atoms with Crippen LogP contribution in [0.1, 0.15) is 44.6 Å². The van der Waals surface area contributed by atoms with Crippen LogP contribution in [0.3, 0.4) is 0 Å². The zero-order chi connectivity index (χ0) is 14.4. The van der Waals surface area contributed by atoms with Crippen LogP contribution < -0.4 is 5.32 Å². The van der Waals surface area contributed by atoms with Crippen molar-refractivity contribution in [3.63, 3.8) is 0 Å². The number of hydrogen-bond acceptors (Lipinski definition) is 2. The fraction of sp³-hybridized carbons (Fsp3) is 0.667. The van der Waals surface area contributed by atoms with Crippen molar-refractivity contribution >= 4 is 11.8 Å². The maximum absolute atomic E-state index is 3.59. The molecule has 0 amide bonds. The van der Waals surface area contributed by atoms with Gasteiger partial charge in [0.25, 0.3) is 0 Å². The lowest BCUT2D eigenvalue weighted by Crippen LogP contribution is -2.38. The van der Waals surface area contributed by atoms with Crippen molar-refractivity contribution in [1.82, 2.24) is 5.32 Å². The lowest BCUT2D eigenvalue weighted by Gasteiger charge is -2.34. The van der Waals surface area contributed by atoms with Crippen molar-refractivity contribution < 1.29 is 0 Å². The van der Waals surface area contributed by atoms with E-state index in [2.05, 4.69) is 50.5 Å². The van der Waals surface area contributed by atoms with Gasteiger partial charge in [-0.15, -0.1) is 11.8 Å². The molecule has 1 aliphatic carbocycles. The smallest absolute Gasteiger partial charge is 0.0187 e. The molecule has 1 N–H and O–H groups in total. The van der Waals surface area contributed by atoms with Gasteiger partial charge in [-0.05, 0) is 50.3 Å². The minimum Gasteiger partial charge on any atom is -0.316 e. The number of aryl methyl sites for hydroxylation is 1. The van der Waals surface area contributed by atoms with Gasteiger partial charge >= 0.3 is 0 Å². The van der Waals surface area contributed by atoms with Gasteiger partial charge in [0.1, 0.15) is 0 Å². The molecule has 112 valence electrons. The summed E-state index contributed by atoms with van der Waals surface area (Å²) in [5.41, 5.74) is 1.41. The summed E-state index contributed by atoms with van der Waals surface area (Å²) < 4.78 is 0. The first-order valence-corrected chi connectivity index (χ1v) is 9.08. The van der Waals surface area contributed by atoms with E-state index in [4.69, 9.17) is 0 Å². The Morgan fingerprint density at radius 2 is 2.10 bits per heavy atom. The van der Waals surface area contributed by atoms with Gasteiger partial charge in [0.2, 0.25) is 0 Å². The van der Waals surface area contributed by atoms with E-state index in [1.807, 2.05) is 11.8 Å². The molecule has 0 radical (unpaired) electrons. The summed E-state index contributed by atoms with van der Waals surface area (Å²) in [6.45, 7) is 4.56. The summed E-state index contributed by atoms with van der Waals surface area (Å²) in [5, 5.41) is 3.59. The van der Waals surface area contributed by atoms with Crippen LogP contribution in [-0.4, -0.2) is 18.8 Å². The first-order chi connectivity index (χ1) is 9.74. The van der Waals surface area contributed by atoms with Gasteiger partial charge in [-0.25, -0.2) is 0 Å². The first-order valence-electron chi connectivity index (χ1n) is 8.10. The molecular formula is C18H29NS. The summed E-state index contributed by atoms with van der Waals surface area (Å²) in [6, 6.07) is 9.40. The third kappa shape index (κ3) is 4.26. The molecule has 1 aliphatic rings. The van der Waals surface area contributed by atoms with E-state index >= 15 is 0 Å². The van der Waals surface area contributed by atoms with Crippen LogP contribution in [0.4, 0.5) is 0 Å². The van der Waals surface area contributed by atoms with E-state index in [1.165, 1.54) is 48.3 Å². The SMILES string of the molecule is CCC1CCCC(C(CSc2ccccc2C)NC)C1. The first kappa shape index (κ1) is 15.9. The van der Waals surface area contributed by atoms with Crippen LogP contribution in [-0.2, 0) is 0 Å². The highest BCUT2D eigenvalue weighted by Gasteiger charge is 2.26. The quantitative estimate of drug-likeness (QED) is 0.749. The third-order valence-corrected chi connectivity index (χ3v) is 6.15. The van der Waals surface area contributed by atoms with Crippen LogP contribution in [0.5, 0.6) is 0 Å².